The van der Waals surface area contributed by atoms with Crippen LogP contribution in [0.1, 0.15) is 11.1 Å². The minimum absolute atomic E-state index is 0.0505. The lowest BCUT2D eigenvalue weighted by Gasteiger charge is -2.05. The van der Waals surface area contributed by atoms with Gasteiger partial charge >= 0.3 is 5.97 Å². The van der Waals surface area contributed by atoms with Gasteiger partial charge in [-0.25, -0.2) is 9.78 Å². The second-order valence-electron chi connectivity index (χ2n) is 4.36. The number of aryl methyl sites for hydroxylation is 1. The van der Waals surface area contributed by atoms with E-state index in [4.69, 9.17) is 23.2 Å². The van der Waals surface area contributed by atoms with Gasteiger partial charge in [0.15, 0.2) is 0 Å². The monoisotopic (exact) mass is 309 g/mol. The van der Waals surface area contributed by atoms with Gasteiger partial charge in [0, 0.05) is 10.9 Å². The lowest BCUT2D eigenvalue weighted by Crippen LogP contribution is -2.05. The van der Waals surface area contributed by atoms with E-state index in [1.54, 1.807) is 6.08 Å². The summed E-state index contributed by atoms with van der Waals surface area (Å²) >= 11 is 11.9. The molecule has 0 fully saturated rings. The Morgan fingerprint density at radius 3 is 2.80 bits per heavy atom. The molecule has 2 rings (SSSR count). The van der Waals surface area contributed by atoms with Crippen LogP contribution in [0.5, 0.6) is 0 Å². The number of benzene rings is 1. The molecule has 104 valence electrons. The number of methoxy groups -OCH3 is 1. The summed E-state index contributed by atoms with van der Waals surface area (Å²) in [5.74, 6) is -0.421. The van der Waals surface area contributed by atoms with Crippen molar-refractivity contribution >= 4 is 46.2 Å². The van der Waals surface area contributed by atoms with Crippen molar-refractivity contribution in [3.05, 3.63) is 46.1 Å². The number of carbonyl (C=O) groups is 1. The smallest absolute Gasteiger partial charge is 0.334 e. The minimum atomic E-state index is -0.472. The zero-order chi connectivity index (χ0) is 14.7. The van der Waals surface area contributed by atoms with Crippen molar-refractivity contribution in [2.75, 3.05) is 13.0 Å². The van der Waals surface area contributed by atoms with Gasteiger partial charge in [0.25, 0.3) is 0 Å². The number of hydrogen-bond donors (Lipinski definition) is 0. The first-order valence-corrected chi connectivity index (χ1v) is 6.88. The van der Waals surface area contributed by atoms with E-state index in [0.717, 1.165) is 16.5 Å². The third-order valence-electron chi connectivity index (χ3n) is 2.87. The summed E-state index contributed by atoms with van der Waals surface area (Å²) < 4.78 is 4.67. The highest BCUT2D eigenvalue weighted by atomic mass is 35.5. The third-order valence-corrected chi connectivity index (χ3v) is 3.46. The predicted molar refractivity (Wildman–Crippen MR) is 82.2 cm³/mol. The van der Waals surface area contributed by atoms with Gasteiger partial charge < -0.3 is 4.74 Å². The van der Waals surface area contributed by atoms with E-state index in [2.05, 4.69) is 9.72 Å². The summed E-state index contributed by atoms with van der Waals surface area (Å²) in [7, 11) is 1.31. The molecule has 20 heavy (non-hydrogen) atoms. The molecule has 0 aliphatic heterocycles. The molecule has 0 saturated heterocycles. The van der Waals surface area contributed by atoms with Gasteiger partial charge in [-0.05, 0) is 31.2 Å². The van der Waals surface area contributed by atoms with Gasteiger partial charge in [-0.2, -0.15) is 0 Å². The van der Waals surface area contributed by atoms with Crippen molar-refractivity contribution in [2.24, 2.45) is 0 Å². The number of esters is 1. The first kappa shape index (κ1) is 14.8. The second-order valence-corrected chi connectivity index (χ2v) is 4.98. The molecule has 1 heterocycles. The topological polar surface area (TPSA) is 39.2 Å². The van der Waals surface area contributed by atoms with Crippen molar-refractivity contribution < 1.29 is 9.53 Å². The zero-order valence-corrected chi connectivity index (χ0v) is 12.6. The van der Waals surface area contributed by atoms with Gasteiger partial charge in [0.1, 0.15) is 5.15 Å². The van der Waals surface area contributed by atoms with Crippen molar-refractivity contribution in [1.29, 1.82) is 0 Å². The van der Waals surface area contributed by atoms with E-state index >= 15 is 0 Å². The zero-order valence-electron chi connectivity index (χ0n) is 11.1. The Hall–Kier alpha value is -1.58. The van der Waals surface area contributed by atoms with Gasteiger partial charge in [-0.15, -0.1) is 11.6 Å². The molecule has 0 aliphatic carbocycles. The average Bonchev–Trinajstić information content (AvgIpc) is 2.44. The summed E-state index contributed by atoms with van der Waals surface area (Å²) in [5, 5.41) is 1.28. The fraction of sp³-hybridized carbons (Fsp3) is 0.200. The summed E-state index contributed by atoms with van der Waals surface area (Å²) in [6, 6.07) is 7.77. The molecular formula is C15H13Cl2NO2. The maximum Gasteiger partial charge on any atom is 0.334 e. The molecule has 1 aromatic heterocycles. The van der Waals surface area contributed by atoms with E-state index in [-0.39, 0.29) is 5.88 Å². The third kappa shape index (κ3) is 3.11. The molecule has 0 amide bonds. The Morgan fingerprint density at radius 2 is 2.15 bits per heavy atom. The van der Waals surface area contributed by atoms with Crippen LogP contribution >= 0.6 is 23.2 Å². The Morgan fingerprint density at radius 1 is 1.40 bits per heavy atom. The van der Waals surface area contributed by atoms with Gasteiger partial charge in [0.05, 0.1) is 24.1 Å². The number of aromatic nitrogens is 1. The number of halogens is 2. The maximum absolute atomic E-state index is 11.5. The average molecular weight is 310 g/mol. The SMILES string of the molecule is COC(=O)/C(=C/c1cc2cc(C)ccc2nc1Cl)CCl. The molecule has 0 unspecified atom stereocenters. The number of alkyl halides is 1. The summed E-state index contributed by atoms with van der Waals surface area (Å²) in [4.78, 5) is 15.9. The first-order valence-electron chi connectivity index (χ1n) is 5.97. The van der Waals surface area contributed by atoms with Crippen molar-refractivity contribution in [1.82, 2.24) is 4.98 Å². The molecule has 0 radical (unpaired) electrons. The van der Waals surface area contributed by atoms with Crippen LogP contribution in [0, 0.1) is 6.92 Å². The van der Waals surface area contributed by atoms with Crippen LogP contribution in [0.15, 0.2) is 29.8 Å². The van der Waals surface area contributed by atoms with E-state index < -0.39 is 5.97 Å². The molecule has 0 aliphatic rings. The standard InChI is InChI=1S/C15H13Cl2NO2/c1-9-3-4-13-10(5-9)6-11(14(17)18-13)7-12(8-16)15(19)20-2/h3-7H,8H2,1-2H3/b12-7+. The van der Waals surface area contributed by atoms with E-state index in [1.165, 1.54) is 7.11 Å². The fourth-order valence-electron chi connectivity index (χ4n) is 1.86. The number of rotatable bonds is 3. The summed E-state index contributed by atoms with van der Waals surface area (Å²) in [6.45, 7) is 2.00. The van der Waals surface area contributed by atoms with Crippen LogP contribution in [0.4, 0.5) is 0 Å². The Labute approximate surface area is 127 Å². The van der Waals surface area contributed by atoms with Gasteiger partial charge in [0.2, 0.25) is 0 Å². The number of pyridine rings is 1. The summed E-state index contributed by atoms with van der Waals surface area (Å²) in [5.41, 5.74) is 2.92. The fourth-order valence-corrected chi connectivity index (χ4v) is 2.25. The molecule has 0 spiro atoms. The highest BCUT2D eigenvalue weighted by Crippen LogP contribution is 2.24. The molecule has 5 heteroatoms. The van der Waals surface area contributed by atoms with Crippen molar-refractivity contribution in [2.45, 2.75) is 6.92 Å². The quantitative estimate of drug-likeness (QED) is 0.372. The molecular weight excluding hydrogens is 297 g/mol. The van der Waals surface area contributed by atoms with Crippen molar-refractivity contribution in [3.8, 4) is 0 Å². The van der Waals surface area contributed by atoms with E-state index in [9.17, 15) is 4.79 Å². The lowest BCUT2D eigenvalue weighted by molar-refractivity contribution is -0.135. The van der Waals surface area contributed by atoms with E-state index in [1.807, 2.05) is 31.2 Å². The Kier molecular flexibility index (Phi) is 4.63. The molecule has 0 atom stereocenters. The highest BCUT2D eigenvalue weighted by molar-refractivity contribution is 6.31. The maximum atomic E-state index is 11.5. The van der Waals surface area contributed by atoms with Gasteiger partial charge in [-0.3, -0.25) is 0 Å². The van der Waals surface area contributed by atoms with Crippen LogP contribution in [0.25, 0.3) is 17.0 Å². The molecule has 0 saturated carbocycles. The molecule has 1 aromatic carbocycles. The van der Waals surface area contributed by atoms with Crippen molar-refractivity contribution in [3.63, 3.8) is 0 Å². The van der Waals surface area contributed by atoms with Gasteiger partial charge in [-0.1, -0.05) is 23.2 Å². The molecule has 2 aromatic rings. The number of nitrogens with zero attached hydrogens (tertiary/aromatic N) is 1. The van der Waals surface area contributed by atoms with Crippen LogP contribution in [0.3, 0.4) is 0 Å². The van der Waals surface area contributed by atoms with E-state index in [0.29, 0.717) is 16.3 Å². The molecule has 0 bridgehead atoms. The normalized spacial score (nSPS) is 11.7. The van der Waals surface area contributed by atoms with Crippen LogP contribution in [-0.2, 0) is 9.53 Å². The highest BCUT2D eigenvalue weighted by Gasteiger charge is 2.10. The lowest BCUT2D eigenvalue weighted by atomic mass is 10.1. The molecule has 3 nitrogen and oxygen atoms in total. The largest absolute Gasteiger partial charge is 0.466 e. The summed E-state index contributed by atoms with van der Waals surface area (Å²) in [6.07, 6.45) is 1.61. The van der Waals surface area contributed by atoms with Crippen LogP contribution in [0.2, 0.25) is 5.15 Å². The Balaban J connectivity index is 2.56. The number of fused-ring (bicyclic) bond motifs is 1. The van der Waals surface area contributed by atoms with Crippen LogP contribution < -0.4 is 0 Å². The number of ether oxygens (including phenoxy) is 1. The predicted octanol–water partition coefficient (Wildman–Crippen LogP) is 3.99. The first-order chi connectivity index (χ1) is 9.55. The second kappa shape index (κ2) is 6.25. The Bertz CT molecular complexity index is 696. The number of carbonyl (C=O) groups excluding carboxylic acids is 1. The number of hydrogen-bond acceptors (Lipinski definition) is 3. The van der Waals surface area contributed by atoms with Crippen LogP contribution in [-0.4, -0.2) is 23.9 Å². The minimum Gasteiger partial charge on any atom is -0.466 e. The molecule has 0 N–H and O–H groups in total.